The summed E-state index contributed by atoms with van der Waals surface area (Å²) in [6.07, 6.45) is 0.918. The van der Waals surface area contributed by atoms with Crippen molar-refractivity contribution in [3.8, 4) is 0 Å². The molecule has 0 spiro atoms. The van der Waals surface area contributed by atoms with Crippen LogP contribution in [0.15, 0.2) is 0 Å². The maximum atomic E-state index is 11.7. The minimum absolute atomic E-state index is 0.0162. The Morgan fingerprint density at radius 2 is 2.16 bits per heavy atom. The van der Waals surface area contributed by atoms with E-state index >= 15 is 0 Å². The van der Waals surface area contributed by atoms with Gasteiger partial charge in [0.05, 0.1) is 12.3 Å². The van der Waals surface area contributed by atoms with E-state index in [9.17, 15) is 18.0 Å². The third-order valence-corrected chi connectivity index (χ3v) is 5.55. The summed E-state index contributed by atoms with van der Waals surface area (Å²) in [6, 6.07) is -0.388. The molecule has 19 heavy (non-hydrogen) atoms. The van der Waals surface area contributed by atoms with Crippen LogP contribution in [-0.4, -0.2) is 62.6 Å². The van der Waals surface area contributed by atoms with Gasteiger partial charge in [0.2, 0.25) is 5.91 Å². The van der Waals surface area contributed by atoms with E-state index in [4.69, 9.17) is 0 Å². The highest BCUT2D eigenvalue weighted by molar-refractivity contribution is 7.91. The first-order valence-electron chi connectivity index (χ1n) is 6.56. The molecule has 0 radical (unpaired) electrons. The van der Waals surface area contributed by atoms with E-state index in [-0.39, 0.29) is 36.2 Å². The smallest absolute Gasteiger partial charge is 0.328 e. The molecule has 2 N–H and O–H groups in total. The van der Waals surface area contributed by atoms with Crippen LogP contribution < -0.4 is 10.2 Å². The number of rotatable bonds is 4. The zero-order valence-electron chi connectivity index (χ0n) is 11.0. The molecule has 2 aliphatic rings. The average molecular weight is 290 g/mol. The minimum atomic E-state index is -2.94. The Morgan fingerprint density at radius 1 is 1.42 bits per heavy atom. The number of imide groups is 1. The van der Waals surface area contributed by atoms with Crippen molar-refractivity contribution in [2.75, 3.05) is 31.3 Å². The predicted octanol–water partition coefficient (Wildman–Crippen LogP) is -2.02. The molecular weight excluding hydrogens is 270 g/mol. The topological polar surface area (TPSA) is 88.0 Å². The van der Waals surface area contributed by atoms with Crippen LogP contribution >= 0.6 is 0 Å². The summed E-state index contributed by atoms with van der Waals surface area (Å²) in [4.78, 5) is 25.6. The normalized spacial score (nSPS) is 28.3. The fraction of sp³-hybridized carbons (Fsp3) is 0.818. The molecule has 0 aromatic carbocycles. The Kier molecular flexibility index (Phi) is 4.10. The summed E-state index contributed by atoms with van der Waals surface area (Å²) in [5, 5.41) is 2.63. The van der Waals surface area contributed by atoms with Crippen molar-refractivity contribution in [1.82, 2.24) is 10.2 Å². The molecule has 2 saturated heterocycles. The maximum absolute atomic E-state index is 11.7. The Morgan fingerprint density at radius 3 is 2.68 bits per heavy atom. The summed E-state index contributed by atoms with van der Waals surface area (Å²) >= 11 is 0. The van der Waals surface area contributed by atoms with Gasteiger partial charge in [0.15, 0.2) is 16.5 Å². The average Bonchev–Trinajstić information content (AvgIpc) is 2.69. The van der Waals surface area contributed by atoms with Gasteiger partial charge in [0.1, 0.15) is 11.8 Å². The lowest BCUT2D eigenvalue weighted by molar-refractivity contribution is -0.927. The molecular formula is C11H20N3O4S+. The first-order chi connectivity index (χ1) is 8.93. The molecule has 2 fully saturated rings. The molecule has 0 bridgehead atoms. The lowest BCUT2D eigenvalue weighted by atomic mass is 10.2. The predicted molar refractivity (Wildman–Crippen MR) is 68.3 cm³/mol. The van der Waals surface area contributed by atoms with E-state index in [0.29, 0.717) is 25.9 Å². The number of sulfone groups is 1. The van der Waals surface area contributed by atoms with Crippen LogP contribution in [0.5, 0.6) is 0 Å². The number of hydrogen-bond acceptors (Lipinski definition) is 4. The van der Waals surface area contributed by atoms with Gasteiger partial charge in [-0.1, -0.05) is 0 Å². The number of amides is 3. The number of carbonyl (C=O) groups excluding carboxylic acids is 2. The zero-order valence-corrected chi connectivity index (χ0v) is 11.8. The van der Waals surface area contributed by atoms with E-state index in [0.717, 1.165) is 4.90 Å². The quantitative estimate of drug-likeness (QED) is 0.625. The Labute approximate surface area is 112 Å². The van der Waals surface area contributed by atoms with E-state index < -0.39 is 9.84 Å². The van der Waals surface area contributed by atoms with Gasteiger partial charge < -0.3 is 10.2 Å². The van der Waals surface area contributed by atoms with Crippen molar-refractivity contribution < 1.29 is 22.9 Å². The van der Waals surface area contributed by atoms with E-state index in [1.54, 1.807) is 0 Å². The molecule has 3 amide bonds. The van der Waals surface area contributed by atoms with Crippen molar-refractivity contribution in [3.05, 3.63) is 0 Å². The Bertz CT molecular complexity index is 460. The summed E-state index contributed by atoms with van der Waals surface area (Å²) in [5.74, 6) is 0.178. The van der Waals surface area contributed by atoms with Crippen LogP contribution in [0.25, 0.3) is 0 Å². The number of quaternary nitrogens is 1. The number of nitrogens with one attached hydrogen (secondary N) is 2. The van der Waals surface area contributed by atoms with Gasteiger partial charge in [0, 0.05) is 19.4 Å². The number of hydrogen-bond donors (Lipinski definition) is 2. The van der Waals surface area contributed by atoms with Gasteiger partial charge in [0.25, 0.3) is 0 Å². The fourth-order valence-corrected chi connectivity index (χ4v) is 4.46. The van der Waals surface area contributed by atoms with Crippen LogP contribution in [-0.2, 0) is 14.6 Å². The van der Waals surface area contributed by atoms with Gasteiger partial charge in [-0.15, -0.1) is 0 Å². The summed E-state index contributed by atoms with van der Waals surface area (Å²) in [5.41, 5.74) is 0. The molecule has 2 heterocycles. The first kappa shape index (κ1) is 14.3. The number of urea groups is 1. The molecule has 7 nitrogen and oxygen atoms in total. The third-order valence-electron chi connectivity index (χ3n) is 3.79. The second-order valence-electron chi connectivity index (χ2n) is 5.07. The second-order valence-corrected chi connectivity index (χ2v) is 7.30. The van der Waals surface area contributed by atoms with Crippen LogP contribution in [0.2, 0.25) is 0 Å². The fourth-order valence-electron chi connectivity index (χ4n) is 2.63. The highest BCUT2D eigenvalue weighted by Crippen LogP contribution is 2.09. The van der Waals surface area contributed by atoms with Crippen LogP contribution in [0.4, 0.5) is 4.79 Å². The molecule has 1 unspecified atom stereocenters. The lowest BCUT2D eigenvalue weighted by Crippen LogP contribution is -3.17. The van der Waals surface area contributed by atoms with Crippen LogP contribution in [0.1, 0.15) is 19.8 Å². The van der Waals surface area contributed by atoms with E-state index in [2.05, 4.69) is 5.32 Å². The molecule has 2 aliphatic heterocycles. The largest absolute Gasteiger partial charge is 0.337 e. The Balaban J connectivity index is 2.03. The van der Waals surface area contributed by atoms with Gasteiger partial charge in [-0.3, -0.25) is 4.79 Å². The standard InChI is InChI=1S/C11H19N3O4S/c1-2-13(9-4-6-19(17,18)7-9)8-14-10(15)3-5-12-11(14)16/h9H,2-8H2,1H3,(H,12,16)/p+1/t9-/m0/s1. The zero-order chi connectivity index (χ0) is 14.0. The summed E-state index contributed by atoms with van der Waals surface area (Å²) in [6.45, 7) is 3.26. The van der Waals surface area contributed by atoms with Crippen molar-refractivity contribution in [3.63, 3.8) is 0 Å². The van der Waals surface area contributed by atoms with E-state index in [1.165, 1.54) is 4.90 Å². The molecule has 0 aromatic rings. The van der Waals surface area contributed by atoms with E-state index in [1.807, 2.05) is 6.92 Å². The van der Waals surface area contributed by atoms with Crippen molar-refractivity contribution in [2.45, 2.75) is 25.8 Å². The second kappa shape index (κ2) is 5.46. The molecule has 8 heteroatoms. The highest BCUT2D eigenvalue weighted by atomic mass is 32.2. The molecule has 2 rings (SSSR count). The van der Waals surface area contributed by atoms with Gasteiger partial charge in [-0.25, -0.2) is 18.1 Å². The monoisotopic (exact) mass is 290 g/mol. The first-order valence-corrected chi connectivity index (χ1v) is 8.38. The summed E-state index contributed by atoms with van der Waals surface area (Å²) < 4.78 is 23.0. The molecule has 0 aliphatic carbocycles. The lowest BCUT2D eigenvalue weighted by Gasteiger charge is -2.31. The third kappa shape index (κ3) is 3.24. The number of carbonyl (C=O) groups is 2. The SMILES string of the molecule is CC[NH+](CN1C(=O)CCNC1=O)[C@H]1CCS(=O)(=O)C1. The van der Waals surface area contributed by atoms with Gasteiger partial charge in [-0.05, 0) is 6.92 Å². The maximum Gasteiger partial charge on any atom is 0.328 e. The van der Waals surface area contributed by atoms with Crippen LogP contribution in [0.3, 0.4) is 0 Å². The van der Waals surface area contributed by atoms with Crippen molar-refractivity contribution in [1.29, 1.82) is 0 Å². The van der Waals surface area contributed by atoms with Gasteiger partial charge in [-0.2, -0.15) is 0 Å². The molecule has 0 saturated carbocycles. The minimum Gasteiger partial charge on any atom is -0.337 e. The van der Waals surface area contributed by atoms with Crippen molar-refractivity contribution in [2.24, 2.45) is 0 Å². The number of nitrogens with zero attached hydrogens (tertiary/aromatic N) is 1. The summed E-state index contributed by atoms with van der Waals surface area (Å²) in [7, 11) is -2.94. The van der Waals surface area contributed by atoms with Crippen molar-refractivity contribution >= 4 is 21.8 Å². The Hall–Kier alpha value is -1.15. The highest BCUT2D eigenvalue weighted by Gasteiger charge is 2.37. The molecule has 108 valence electrons. The molecule has 0 aromatic heterocycles. The van der Waals surface area contributed by atoms with Crippen LogP contribution in [0, 0.1) is 0 Å². The van der Waals surface area contributed by atoms with Gasteiger partial charge >= 0.3 is 6.03 Å². The molecule has 2 atom stereocenters.